The number of likely N-dealkylation sites (tertiary alicyclic amines) is 1. The van der Waals surface area contributed by atoms with Gasteiger partial charge in [0.1, 0.15) is 11.8 Å². The van der Waals surface area contributed by atoms with E-state index in [1.807, 2.05) is 7.05 Å². The van der Waals surface area contributed by atoms with Crippen molar-refractivity contribution in [3.05, 3.63) is 33.9 Å². The molecule has 0 radical (unpaired) electrons. The third kappa shape index (κ3) is 3.24. The lowest BCUT2D eigenvalue weighted by atomic mass is 10.1. The Kier molecular flexibility index (Phi) is 4.19. The van der Waals surface area contributed by atoms with E-state index in [0.717, 1.165) is 32.0 Å². The molecule has 1 heterocycles. The number of piperidine rings is 1. The molecule has 0 atom stereocenters. The van der Waals surface area contributed by atoms with Gasteiger partial charge in [0.05, 0.1) is 10.5 Å². The monoisotopic (exact) mass is 279 g/mol. The molecule has 0 aromatic heterocycles. The fraction of sp³-hybridized carbons (Fsp3) is 0.462. The Morgan fingerprint density at radius 2 is 2.10 bits per heavy atom. The molecular formula is C13H17N3O4. The molecule has 20 heavy (non-hydrogen) atoms. The van der Waals surface area contributed by atoms with Crippen molar-refractivity contribution in [2.75, 3.05) is 25.9 Å². The van der Waals surface area contributed by atoms with Crippen LogP contribution in [0.4, 0.5) is 11.4 Å². The fourth-order valence-corrected chi connectivity index (χ4v) is 2.15. The summed E-state index contributed by atoms with van der Waals surface area (Å²) in [7, 11) is 2.02. The van der Waals surface area contributed by atoms with Crippen molar-refractivity contribution in [1.29, 1.82) is 0 Å². The van der Waals surface area contributed by atoms with Gasteiger partial charge < -0.3 is 15.4 Å². The Balaban J connectivity index is 2.06. The molecule has 0 amide bonds. The average molecular weight is 279 g/mol. The van der Waals surface area contributed by atoms with Gasteiger partial charge in [-0.2, -0.15) is 0 Å². The summed E-state index contributed by atoms with van der Waals surface area (Å²) < 4.78 is 5.37. The number of nitrogens with two attached hydrogens (primary N) is 1. The summed E-state index contributed by atoms with van der Waals surface area (Å²) in [6.45, 7) is 1.75. The topological polar surface area (TPSA) is 98.7 Å². The van der Waals surface area contributed by atoms with E-state index in [-0.39, 0.29) is 23.0 Å². The molecule has 1 fully saturated rings. The maximum Gasteiger partial charge on any atom is 0.338 e. The lowest BCUT2D eigenvalue weighted by Gasteiger charge is -2.28. The lowest BCUT2D eigenvalue weighted by Crippen LogP contribution is -2.35. The Bertz CT molecular complexity index is 524. The lowest BCUT2D eigenvalue weighted by molar-refractivity contribution is -0.383. The zero-order chi connectivity index (χ0) is 14.7. The number of benzene rings is 1. The van der Waals surface area contributed by atoms with E-state index in [4.69, 9.17) is 10.5 Å². The summed E-state index contributed by atoms with van der Waals surface area (Å²) in [5.74, 6) is -0.539. The molecule has 2 N–H and O–H groups in total. The van der Waals surface area contributed by atoms with E-state index in [1.165, 1.54) is 12.1 Å². The Morgan fingerprint density at radius 1 is 1.45 bits per heavy atom. The molecule has 7 nitrogen and oxygen atoms in total. The first-order valence-corrected chi connectivity index (χ1v) is 6.41. The fourth-order valence-electron chi connectivity index (χ4n) is 2.15. The second kappa shape index (κ2) is 5.87. The SMILES string of the molecule is CN1CCC(OC(=O)c2ccc(N)c([N+](=O)[O-])c2)CC1. The van der Waals surface area contributed by atoms with Gasteiger partial charge in [-0.15, -0.1) is 0 Å². The van der Waals surface area contributed by atoms with Crippen LogP contribution in [-0.4, -0.2) is 42.0 Å². The number of rotatable bonds is 3. The van der Waals surface area contributed by atoms with Crippen molar-refractivity contribution >= 4 is 17.3 Å². The number of anilines is 1. The minimum atomic E-state index is -0.609. The van der Waals surface area contributed by atoms with Crippen LogP contribution < -0.4 is 5.73 Å². The molecule has 2 rings (SSSR count). The number of hydrogen-bond acceptors (Lipinski definition) is 6. The molecule has 0 unspecified atom stereocenters. The first-order chi connectivity index (χ1) is 9.47. The van der Waals surface area contributed by atoms with E-state index in [1.54, 1.807) is 0 Å². The molecular weight excluding hydrogens is 262 g/mol. The number of nitrogen functional groups attached to an aromatic ring is 1. The number of ether oxygens (including phenoxy) is 1. The van der Waals surface area contributed by atoms with E-state index in [9.17, 15) is 14.9 Å². The predicted molar refractivity (Wildman–Crippen MR) is 73.4 cm³/mol. The van der Waals surface area contributed by atoms with Crippen LogP contribution in [0, 0.1) is 10.1 Å². The molecule has 0 bridgehead atoms. The molecule has 7 heteroatoms. The molecule has 1 aromatic carbocycles. The summed E-state index contributed by atoms with van der Waals surface area (Å²) in [6.07, 6.45) is 1.42. The van der Waals surface area contributed by atoms with Gasteiger partial charge in [-0.25, -0.2) is 4.79 Å². The van der Waals surface area contributed by atoms with Gasteiger partial charge in [-0.3, -0.25) is 10.1 Å². The highest BCUT2D eigenvalue weighted by molar-refractivity contribution is 5.91. The molecule has 1 aliphatic heterocycles. The highest BCUT2D eigenvalue weighted by atomic mass is 16.6. The minimum absolute atomic E-state index is 0.0332. The van der Waals surface area contributed by atoms with E-state index < -0.39 is 10.9 Å². The quantitative estimate of drug-likeness (QED) is 0.389. The van der Waals surface area contributed by atoms with E-state index in [2.05, 4.69) is 4.90 Å². The van der Waals surface area contributed by atoms with Gasteiger partial charge in [-0.05, 0) is 32.0 Å². The highest BCUT2D eigenvalue weighted by Crippen LogP contribution is 2.23. The summed E-state index contributed by atoms with van der Waals surface area (Å²) in [4.78, 5) is 24.3. The number of hydrogen-bond donors (Lipinski definition) is 1. The first-order valence-electron chi connectivity index (χ1n) is 6.41. The van der Waals surface area contributed by atoms with Crippen LogP contribution in [0.5, 0.6) is 0 Å². The van der Waals surface area contributed by atoms with Gasteiger partial charge in [0.25, 0.3) is 5.69 Å². The smallest absolute Gasteiger partial charge is 0.338 e. The molecule has 0 saturated carbocycles. The number of nitrogens with zero attached hydrogens (tertiary/aromatic N) is 2. The highest BCUT2D eigenvalue weighted by Gasteiger charge is 2.22. The van der Waals surface area contributed by atoms with Crippen molar-refractivity contribution in [2.24, 2.45) is 0 Å². The number of esters is 1. The third-order valence-corrected chi connectivity index (χ3v) is 3.40. The molecule has 1 aliphatic rings. The van der Waals surface area contributed by atoms with Crippen LogP contribution in [0.25, 0.3) is 0 Å². The van der Waals surface area contributed by atoms with Gasteiger partial charge in [0.2, 0.25) is 0 Å². The minimum Gasteiger partial charge on any atom is -0.459 e. The van der Waals surface area contributed by atoms with Gasteiger partial charge in [-0.1, -0.05) is 0 Å². The van der Waals surface area contributed by atoms with Gasteiger partial charge >= 0.3 is 5.97 Å². The summed E-state index contributed by atoms with van der Waals surface area (Å²) in [5.41, 5.74) is 5.41. The van der Waals surface area contributed by atoms with Crippen molar-refractivity contribution in [3.63, 3.8) is 0 Å². The maximum atomic E-state index is 12.0. The Morgan fingerprint density at radius 3 is 2.70 bits per heavy atom. The number of nitro benzene ring substituents is 1. The van der Waals surface area contributed by atoms with Crippen LogP contribution >= 0.6 is 0 Å². The summed E-state index contributed by atoms with van der Waals surface area (Å²) >= 11 is 0. The second-order valence-corrected chi connectivity index (χ2v) is 4.94. The van der Waals surface area contributed by atoms with Crippen LogP contribution in [0.15, 0.2) is 18.2 Å². The van der Waals surface area contributed by atoms with Crippen molar-refractivity contribution in [3.8, 4) is 0 Å². The second-order valence-electron chi connectivity index (χ2n) is 4.94. The summed E-state index contributed by atoms with van der Waals surface area (Å²) in [6, 6.07) is 3.95. The van der Waals surface area contributed by atoms with E-state index in [0.29, 0.717) is 0 Å². The standard InChI is InChI=1S/C13H17N3O4/c1-15-6-4-10(5-7-15)20-13(17)9-2-3-11(14)12(8-9)16(18)19/h2-3,8,10H,4-7,14H2,1H3. The zero-order valence-electron chi connectivity index (χ0n) is 11.2. The normalized spacial score (nSPS) is 16.9. The molecule has 0 spiro atoms. The van der Waals surface area contributed by atoms with E-state index >= 15 is 0 Å². The van der Waals surface area contributed by atoms with Crippen molar-refractivity contribution in [1.82, 2.24) is 4.90 Å². The van der Waals surface area contributed by atoms with Gasteiger partial charge in [0, 0.05) is 19.2 Å². The zero-order valence-corrected chi connectivity index (χ0v) is 11.2. The van der Waals surface area contributed by atoms with Crippen molar-refractivity contribution < 1.29 is 14.5 Å². The summed E-state index contributed by atoms with van der Waals surface area (Å²) in [5, 5.41) is 10.8. The third-order valence-electron chi connectivity index (χ3n) is 3.40. The first kappa shape index (κ1) is 14.3. The Hall–Kier alpha value is -2.15. The maximum absolute atomic E-state index is 12.0. The van der Waals surface area contributed by atoms with Crippen LogP contribution in [0.2, 0.25) is 0 Å². The average Bonchev–Trinajstić information content (AvgIpc) is 2.41. The number of carbonyl (C=O) groups is 1. The molecule has 0 aliphatic carbocycles. The van der Waals surface area contributed by atoms with Crippen LogP contribution in [-0.2, 0) is 4.74 Å². The Labute approximate surface area is 116 Å². The largest absolute Gasteiger partial charge is 0.459 e. The van der Waals surface area contributed by atoms with Crippen molar-refractivity contribution in [2.45, 2.75) is 18.9 Å². The number of nitro groups is 1. The predicted octanol–water partition coefficient (Wildman–Crippen LogP) is 1.43. The molecule has 1 saturated heterocycles. The van der Waals surface area contributed by atoms with Gasteiger partial charge in [0.15, 0.2) is 0 Å². The molecule has 108 valence electrons. The van der Waals surface area contributed by atoms with Crippen LogP contribution in [0.1, 0.15) is 23.2 Å². The van der Waals surface area contributed by atoms with Crippen LogP contribution in [0.3, 0.4) is 0 Å². The number of carbonyl (C=O) groups excluding carboxylic acids is 1. The molecule has 1 aromatic rings.